The Bertz CT molecular complexity index is 1000. The monoisotopic (exact) mass is 454 g/mol. The van der Waals surface area contributed by atoms with Crippen molar-refractivity contribution in [1.29, 1.82) is 0 Å². The maximum Gasteiger partial charge on any atom is 0.251 e. The molecule has 170 valence electrons. The van der Waals surface area contributed by atoms with Gasteiger partial charge in [-0.2, -0.15) is 0 Å². The van der Waals surface area contributed by atoms with Crippen LogP contribution in [0.1, 0.15) is 63.2 Å². The molecule has 4 rings (SSSR count). The van der Waals surface area contributed by atoms with Gasteiger partial charge in [0.05, 0.1) is 5.69 Å². The van der Waals surface area contributed by atoms with Crippen molar-refractivity contribution in [2.24, 2.45) is 5.41 Å². The van der Waals surface area contributed by atoms with Crippen LogP contribution in [0.4, 0.5) is 5.13 Å². The van der Waals surface area contributed by atoms with Gasteiger partial charge in [0.1, 0.15) is 6.04 Å². The molecule has 1 atom stereocenters. The van der Waals surface area contributed by atoms with Crippen LogP contribution in [0.2, 0.25) is 0 Å². The Morgan fingerprint density at radius 3 is 2.50 bits per heavy atom. The highest BCUT2D eigenvalue weighted by Crippen LogP contribution is 2.28. The standard InChI is InChI=1S/C24H30N4O3S/c1-24(2,3)13-20(29)28-12-4-5-19(28)22(31)27-23-26-18(14-32-23)15-6-8-16(9-7-15)21(30)25-17-10-11-17/h6-9,14,17,19H,4-5,10-13H2,1-3H3,(H,25,30)(H,26,27,31)/t19-/m0/s1. The van der Waals surface area contributed by atoms with Crippen LogP contribution in [0.25, 0.3) is 11.3 Å². The second-order valence-corrected chi connectivity index (χ2v) is 10.7. The van der Waals surface area contributed by atoms with Crippen LogP contribution in [0.3, 0.4) is 0 Å². The van der Waals surface area contributed by atoms with Gasteiger partial charge >= 0.3 is 0 Å². The molecule has 1 saturated carbocycles. The smallest absolute Gasteiger partial charge is 0.251 e. The summed E-state index contributed by atoms with van der Waals surface area (Å²) < 4.78 is 0. The third-order valence-electron chi connectivity index (χ3n) is 5.65. The molecule has 1 aromatic carbocycles. The van der Waals surface area contributed by atoms with Gasteiger partial charge in [0.2, 0.25) is 11.8 Å². The van der Waals surface area contributed by atoms with Gasteiger partial charge in [0, 0.05) is 35.5 Å². The first-order valence-electron chi connectivity index (χ1n) is 11.2. The van der Waals surface area contributed by atoms with Gasteiger partial charge in [0.25, 0.3) is 5.91 Å². The number of hydrogen-bond donors (Lipinski definition) is 2. The van der Waals surface area contributed by atoms with Crippen LogP contribution >= 0.6 is 11.3 Å². The minimum atomic E-state index is -0.443. The van der Waals surface area contributed by atoms with E-state index in [9.17, 15) is 14.4 Å². The lowest BCUT2D eigenvalue weighted by molar-refractivity contribution is -0.138. The van der Waals surface area contributed by atoms with Crippen LogP contribution in [-0.2, 0) is 9.59 Å². The maximum atomic E-state index is 12.9. The summed E-state index contributed by atoms with van der Waals surface area (Å²) in [6.07, 6.45) is 4.04. The molecule has 2 heterocycles. The molecule has 32 heavy (non-hydrogen) atoms. The maximum absolute atomic E-state index is 12.9. The first-order chi connectivity index (χ1) is 15.2. The number of aromatic nitrogens is 1. The molecule has 0 unspecified atom stereocenters. The number of rotatable bonds is 6. The third kappa shape index (κ3) is 5.54. The topological polar surface area (TPSA) is 91.4 Å². The van der Waals surface area contributed by atoms with E-state index in [-0.39, 0.29) is 23.1 Å². The Labute approximate surface area is 192 Å². The molecule has 2 fully saturated rings. The molecular formula is C24H30N4O3S. The summed E-state index contributed by atoms with van der Waals surface area (Å²) in [5.41, 5.74) is 2.14. The van der Waals surface area contributed by atoms with E-state index in [1.54, 1.807) is 17.0 Å². The summed E-state index contributed by atoms with van der Waals surface area (Å²) in [6, 6.07) is 7.20. The molecule has 0 radical (unpaired) electrons. The average molecular weight is 455 g/mol. The van der Waals surface area contributed by atoms with Gasteiger partial charge in [-0.1, -0.05) is 32.9 Å². The Morgan fingerprint density at radius 1 is 1.12 bits per heavy atom. The molecule has 1 aromatic heterocycles. The zero-order valence-corrected chi connectivity index (χ0v) is 19.6. The van der Waals surface area contributed by atoms with E-state index < -0.39 is 6.04 Å². The lowest BCUT2D eigenvalue weighted by Crippen LogP contribution is -2.44. The molecular weight excluding hydrogens is 424 g/mol. The number of carbonyl (C=O) groups is 3. The molecule has 0 bridgehead atoms. The van der Waals surface area contributed by atoms with E-state index in [1.807, 2.05) is 38.3 Å². The summed E-state index contributed by atoms with van der Waals surface area (Å²) in [5.74, 6) is -0.203. The molecule has 3 amide bonds. The summed E-state index contributed by atoms with van der Waals surface area (Å²) >= 11 is 1.35. The van der Waals surface area contributed by atoms with Crippen molar-refractivity contribution in [2.45, 2.75) is 65.0 Å². The largest absolute Gasteiger partial charge is 0.349 e. The summed E-state index contributed by atoms with van der Waals surface area (Å²) in [4.78, 5) is 43.9. The molecule has 1 saturated heterocycles. The van der Waals surface area contributed by atoms with Crippen molar-refractivity contribution < 1.29 is 14.4 Å². The highest BCUT2D eigenvalue weighted by Gasteiger charge is 2.35. The van der Waals surface area contributed by atoms with Crippen molar-refractivity contribution >= 4 is 34.2 Å². The van der Waals surface area contributed by atoms with E-state index in [4.69, 9.17) is 0 Å². The molecule has 2 N–H and O–H groups in total. The van der Waals surface area contributed by atoms with Crippen LogP contribution in [0.5, 0.6) is 0 Å². The van der Waals surface area contributed by atoms with Crippen molar-refractivity contribution in [3.8, 4) is 11.3 Å². The molecule has 1 aliphatic heterocycles. The fraction of sp³-hybridized carbons (Fsp3) is 0.500. The van der Waals surface area contributed by atoms with Gasteiger partial charge < -0.3 is 15.5 Å². The molecule has 1 aliphatic carbocycles. The molecule has 2 aliphatic rings. The second kappa shape index (κ2) is 9.02. The van der Waals surface area contributed by atoms with E-state index in [1.165, 1.54) is 11.3 Å². The Balaban J connectivity index is 1.37. The number of carbonyl (C=O) groups excluding carboxylic acids is 3. The van der Waals surface area contributed by atoms with E-state index >= 15 is 0 Å². The lowest BCUT2D eigenvalue weighted by atomic mass is 9.91. The van der Waals surface area contributed by atoms with E-state index in [2.05, 4.69) is 15.6 Å². The summed E-state index contributed by atoms with van der Waals surface area (Å²) in [7, 11) is 0. The number of amides is 3. The molecule has 2 aromatic rings. The minimum absolute atomic E-state index is 0.0285. The Hall–Kier alpha value is -2.74. The van der Waals surface area contributed by atoms with Crippen LogP contribution in [0.15, 0.2) is 29.6 Å². The molecule has 7 nitrogen and oxygen atoms in total. The van der Waals surface area contributed by atoms with Gasteiger partial charge in [0.15, 0.2) is 5.13 Å². The molecule has 0 spiro atoms. The van der Waals surface area contributed by atoms with Crippen molar-refractivity contribution in [3.63, 3.8) is 0 Å². The predicted molar refractivity (Wildman–Crippen MR) is 125 cm³/mol. The van der Waals surface area contributed by atoms with Crippen LogP contribution in [0, 0.1) is 5.41 Å². The fourth-order valence-corrected chi connectivity index (χ4v) is 4.56. The number of likely N-dealkylation sites (tertiary alicyclic amines) is 1. The van der Waals surface area contributed by atoms with Crippen LogP contribution in [-0.4, -0.2) is 46.2 Å². The number of hydrogen-bond acceptors (Lipinski definition) is 5. The first-order valence-corrected chi connectivity index (χ1v) is 12.0. The van der Waals surface area contributed by atoms with Crippen molar-refractivity contribution in [3.05, 3.63) is 35.2 Å². The predicted octanol–water partition coefficient (Wildman–Crippen LogP) is 4.07. The number of benzene rings is 1. The van der Waals surface area contributed by atoms with Gasteiger partial charge in [-0.25, -0.2) is 4.98 Å². The third-order valence-corrected chi connectivity index (χ3v) is 6.40. The molecule has 8 heteroatoms. The second-order valence-electron chi connectivity index (χ2n) is 9.83. The van der Waals surface area contributed by atoms with Gasteiger partial charge in [-0.05, 0) is 43.2 Å². The zero-order chi connectivity index (χ0) is 22.9. The zero-order valence-electron chi connectivity index (χ0n) is 18.8. The fourth-order valence-electron chi connectivity index (χ4n) is 3.83. The number of thiazole rings is 1. The number of nitrogens with zero attached hydrogens (tertiary/aromatic N) is 2. The summed E-state index contributed by atoms with van der Waals surface area (Å²) in [6.45, 7) is 6.70. The SMILES string of the molecule is CC(C)(C)CC(=O)N1CCC[C@H]1C(=O)Nc1nc(-c2ccc(C(=O)NC3CC3)cc2)cs1. The first kappa shape index (κ1) is 22.5. The van der Waals surface area contributed by atoms with Crippen molar-refractivity contribution in [2.75, 3.05) is 11.9 Å². The number of nitrogens with one attached hydrogen (secondary N) is 2. The quantitative estimate of drug-likeness (QED) is 0.688. The average Bonchev–Trinajstić information content (AvgIpc) is 3.22. The normalized spacial score (nSPS) is 18.5. The van der Waals surface area contributed by atoms with Crippen LogP contribution < -0.4 is 10.6 Å². The summed E-state index contributed by atoms with van der Waals surface area (Å²) in [5, 5.41) is 8.26. The number of anilines is 1. The highest BCUT2D eigenvalue weighted by atomic mass is 32.1. The van der Waals surface area contributed by atoms with Crippen molar-refractivity contribution in [1.82, 2.24) is 15.2 Å². The lowest BCUT2D eigenvalue weighted by Gasteiger charge is -2.27. The van der Waals surface area contributed by atoms with Gasteiger partial charge in [-0.15, -0.1) is 11.3 Å². The minimum Gasteiger partial charge on any atom is -0.349 e. The Kier molecular flexibility index (Phi) is 6.33. The van der Waals surface area contributed by atoms with E-state index in [0.29, 0.717) is 36.1 Å². The van der Waals surface area contributed by atoms with Gasteiger partial charge in [-0.3, -0.25) is 14.4 Å². The highest BCUT2D eigenvalue weighted by molar-refractivity contribution is 7.14. The Morgan fingerprint density at radius 2 is 1.84 bits per heavy atom. The van der Waals surface area contributed by atoms with E-state index in [0.717, 1.165) is 30.5 Å².